The number of carbonyl (C=O) groups is 1. The maximum absolute atomic E-state index is 13.9. The van der Waals surface area contributed by atoms with E-state index >= 15 is 0 Å². The number of halogens is 5. The Balaban J connectivity index is 1.64. The van der Waals surface area contributed by atoms with Gasteiger partial charge in [0.15, 0.2) is 5.69 Å². The first-order valence-electron chi connectivity index (χ1n) is 11.8. The molecule has 2 aromatic heterocycles. The molecule has 1 aliphatic heterocycles. The lowest BCUT2D eigenvalue weighted by Gasteiger charge is -2.35. The predicted octanol–water partition coefficient (Wildman–Crippen LogP) is 4.52. The van der Waals surface area contributed by atoms with Crippen LogP contribution in [0.3, 0.4) is 0 Å². The van der Waals surface area contributed by atoms with Crippen molar-refractivity contribution >= 4 is 11.6 Å². The first-order valence-corrected chi connectivity index (χ1v) is 11.8. The van der Waals surface area contributed by atoms with Gasteiger partial charge < -0.3 is 14.8 Å². The molecule has 1 saturated heterocycles. The van der Waals surface area contributed by atoms with Crippen LogP contribution in [0, 0.1) is 17.2 Å². The van der Waals surface area contributed by atoms with Crippen LogP contribution >= 0.6 is 0 Å². The van der Waals surface area contributed by atoms with E-state index in [2.05, 4.69) is 10.3 Å². The fourth-order valence-electron chi connectivity index (χ4n) is 4.98. The van der Waals surface area contributed by atoms with E-state index in [0.29, 0.717) is 26.1 Å². The van der Waals surface area contributed by atoms with Crippen molar-refractivity contribution < 1.29 is 36.2 Å². The van der Waals surface area contributed by atoms with Crippen molar-refractivity contribution in [2.24, 2.45) is 5.92 Å². The van der Waals surface area contributed by atoms with Gasteiger partial charge in [-0.05, 0) is 37.3 Å². The van der Waals surface area contributed by atoms with Crippen LogP contribution in [0.25, 0.3) is 5.65 Å². The van der Waals surface area contributed by atoms with Crippen LogP contribution in [0.1, 0.15) is 66.0 Å². The lowest BCUT2D eigenvalue weighted by molar-refractivity contribution is -0.141. The average molecular weight is 514 g/mol. The van der Waals surface area contributed by atoms with Gasteiger partial charge in [-0.25, -0.2) is 13.8 Å². The van der Waals surface area contributed by atoms with Crippen molar-refractivity contribution in [2.45, 2.75) is 62.6 Å². The summed E-state index contributed by atoms with van der Waals surface area (Å²) in [6.45, 7) is 1.12. The maximum atomic E-state index is 13.9. The predicted molar refractivity (Wildman–Crippen MR) is 118 cm³/mol. The molecule has 0 atom stereocenters. The summed E-state index contributed by atoms with van der Waals surface area (Å²) in [7, 11) is 1.54. The first-order chi connectivity index (χ1) is 17.0. The molecule has 2 aromatic rings. The molecule has 0 aromatic carbocycles. The highest BCUT2D eigenvalue weighted by molar-refractivity contribution is 5.95. The number of hydrogen-bond donors (Lipinski definition) is 1. The van der Waals surface area contributed by atoms with E-state index in [9.17, 15) is 32.0 Å². The Bertz CT molecular complexity index is 1160. The Kier molecular flexibility index (Phi) is 7.26. The Morgan fingerprint density at radius 1 is 1.25 bits per heavy atom. The van der Waals surface area contributed by atoms with Crippen LogP contribution in [0.5, 0.6) is 0 Å². The largest absolute Gasteiger partial charge is 0.435 e. The van der Waals surface area contributed by atoms with Gasteiger partial charge in [0.05, 0.1) is 11.3 Å². The number of amides is 1. The van der Waals surface area contributed by atoms with Crippen LogP contribution in [0.2, 0.25) is 0 Å². The number of fused-ring (bicyclic) bond motifs is 1. The van der Waals surface area contributed by atoms with Gasteiger partial charge in [0.25, 0.3) is 5.91 Å². The van der Waals surface area contributed by atoms with Crippen molar-refractivity contribution in [1.29, 1.82) is 5.26 Å². The highest BCUT2D eigenvalue weighted by atomic mass is 19.4. The summed E-state index contributed by atoms with van der Waals surface area (Å²) in [4.78, 5) is 16.6. The molecule has 1 N–H and O–H groups in total. The van der Waals surface area contributed by atoms with E-state index in [-0.39, 0.29) is 61.2 Å². The van der Waals surface area contributed by atoms with Gasteiger partial charge in [-0.2, -0.15) is 18.4 Å². The summed E-state index contributed by atoms with van der Waals surface area (Å²) in [5, 5.41) is 12.5. The Morgan fingerprint density at radius 3 is 2.50 bits per heavy atom. The normalized spacial score (nSPS) is 20.2. The number of carbonyl (C=O) groups excluding carboxylic acids is 1. The molecule has 1 saturated carbocycles. The number of imidazole rings is 1. The minimum Gasteiger partial charge on any atom is -0.381 e. The Morgan fingerprint density at radius 2 is 1.92 bits per heavy atom. The van der Waals surface area contributed by atoms with Gasteiger partial charge >= 0.3 is 6.18 Å². The first kappa shape index (κ1) is 26.3. The molecule has 0 spiro atoms. The molecular formula is C24H27F5N4O3. The van der Waals surface area contributed by atoms with E-state index < -0.39 is 35.2 Å². The Hall–Kier alpha value is -2.78. The number of nitriles is 1. The summed E-state index contributed by atoms with van der Waals surface area (Å²) in [5.41, 5.74) is -2.44. The van der Waals surface area contributed by atoms with E-state index in [1.807, 2.05) is 6.07 Å². The third-order valence-electron chi connectivity index (χ3n) is 7.19. The van der Waals surface area contributed by atoms with Gasteiger partial charge in [-0.3, -0.25) is 9.20 Å². The van der Waals surface area contributed by atoms with Crippen molar-refractivity contribution in [3.63, 3.8) is 0 Å². The quantitative estimate of drug-likeness (QED) is 0.573. The van der Waals surface area contributed by atoms with E-state index in [4.69, 9.17) is 9.47 Å². The second-order valence-corrected chi connectivity index (χ2v) is 9.53. The SMILES string of the molecule is COC1(CNC(=O)c2cc(C#N)n3c(CC4CCC(F)(F)CC4)c(C(F)(F)F)nc3c2)CCOCC1. The number of methoxy groups -OCH3 is 1. The van der Waals surface area contributed by atoms with Crippen LogP contribution in [-0.4, -0.2) is 53.7 Å². The summed E-state index contributed by atoms with van der Waals surface area (Å²) in [6.07, 6.45) is -4.46. The molecular weight excluding hydrogens is 487 g/mol. The molecule has 0 unspecified atom stereocenters. The van der Waals surface area contributed by atoms with Crippen molar-refractivity contribution in [3.05, 3.63) is 34.8 Å². The van der Waals surface area contributed by atoms with Crippen LogP contribution in [-0.2, 0) is 22.1 Å². The number of hydrogen-bond acceptors (Lipinski definition) is 5. The molecule has 2 fully saturated rings. The molecule has 0 radical (unpaired) electrons. The molecule has 196 valence electrons. The molecule has 4 rings (SSSR count). The molecule has 1 aliphatic carbocycles. The fraction of sp³-hybridized carbons (Fsp3) is 0.625. The van der Waals surface area contributed by atoms with Crippen LogP contribution < -0.4 is 5.32 Å². The molecule has 7 nitrogen and oxygen atoms in total. The zero-order chi connectivity index (χ0) is 26.1. The summed E-state index contributed by atoms with van der Waals surface area (Å²) < 4.78 is 80.8. The third kappa shape index (κ3) is 5.47. The smallest absolute Gasteiger partial charge is 0.381 e. The second-order valence-electron chi connectivity index (χ2n) is 9.53. The number of aromatic nitrogens is 2. The topological polar surface area (TPSA) is 88.7 Å². The average Bonchev–Trinajstić information content (AvgIpc) is 3.22. The van der Waals surface area contributed by atoms with Gasteiger partial charge in [0.2, 0.25) is 5.92 Å². The Labute approximate surface area is 204 Å². The number of nitrogens with one attached hydrogen (secondary N) is 1. The molecule has 3 heterocycles. The monoisotopic (exact) mass is 514 g/mol. The molecule has 36 heavy (non-hydrogen) atoms. The number of rotatable bonds is 6. The van der Waals surface area contributed by atoms with Crippen molar-refractivity contribution in [2.75, 3.05) is 26.9 Å². The number of nitrogens with zero attached hydrogens (tertiary/aromatic N) is 3. The number of ether oxygens (including phenoxy) is 2. The standard InChI is InChI=1S/C24H27F5N4O3/c1-35-22(6-8-36-9-7-22)14-31-21(34)16-11-17(13-30)33-18(10-15-2-4-23(25,26)5-3-15)20(24(27,28)29)32-19(33)12-16/h11-12,15H,2-10,14H2,1H3,(H,31,34). The van der Waals surface area contributed by atoms with Crippen LogP contribution in [0.4, 0.5) is 22.0 Å². The van der Waals surface area contributed by atoms with Gasteiger partial charge in [0.1, 0.15) is 17.4 Å². The minimum absolute atomic E-state index is 0.0139. The summed E-state index contributed by atoms with van der Waals surface area (Å²) in [5.74, 6) is -3.79. The minimum atomic E-state index is -4.82. The zero-order valence-electron chi connectivity index (χ0n) is 19.8. The lowest BCUT2D eigenvalue weighted by atomic mass is 9.83. The maximum Gasteiger partial charge on any atom is 0.435 e. The van der Waals surface area contributed by atoms with E-state index in [0.717, 1.165) is 4.40 Å². The molecule has 1 amide bonds. The fourth-order valence-corrected chi connectivity index (χ4v) is 4.98. The molecule has 0 bridgehead atoms. The molecule has 12 heteroatoms. The number of alkyl halides is 5. The zero-order valence-corrected chi connectivity index (χ0v) is 19.8. The molecule has 2 aliphatic rings. The summed E-state index contributed by atoms with van der Waals surface area (Å²) >= 11 is 0. The van der Waals surface area contributed by atoms with Gasteiger partial charge in [0, 0.05) is 58.1 Å². The summed E-state index contributed by atoms with van der Waals surface area (Å²) in [6, 6.07) is 4.28. The second kappa shape index (κ2) is 9.94. The number of pyridine rings is 1. The lowest BCUT2D eigenvalue weighted by Crippen LogP contribution is -2.48. The van der Waals surface area contributed by atoms with Gasteiger partial charge in [-0.1, -0.05) is 0 Å². The highest BCUT2D eigenvalue weighted by Crippen LogP contribution is 2.40. The van der Waals surface area contributed by atoms with Crippen molar-refractivity contribution in [3.8, 4) is 6.07 Å². The highest BCUT2D eigenvalue weighted by Gasteiger charge is 2.41. The van der Waals surface area contributed by atoms with E-state index in [1.165, 1.54) is 19.2 Å². The third-order valence-corrected chi connectivity index (χ3v) is 7.19. The van der Waals surface area contributed by atoms with Crippen molar-refractivity contribution in [1.82, 2.24) is 14.7 Å². The van der Waals surface area contributed by atoms with E-state index in [1.54, 1.807) is 0 Å². The van der Waals surface area contributed by atoms with Crippen LogP contribution in [0.15, 0.2) is 12.1 Å². The van der Waals surface area contributed by atoms with Gasteiger partial charge in [-0.15, -0.1) is 0 Å².